The fourth-order valence-corrected chi connectivity index (χ4v) is 0.671. The monoisotopic (exact) mass is 174 g/mol. The molecule has 0 bridgehead atoms. The first kappa shape index (κ1) is 9.61. The molecule has 2 nitrogen and oxygen atoms in total. The third-order valence-electron chi connectivity index (χ3n) is 0.564. The van der Waals surface area contributed by atoms with Crippen LogP contribution in [0.3, 0.4) is 0 Å². The molecule has 6 heteroatoms. The summed E-state index contributed by atoms with van der Waals surface area (Å²) in [6, 6.07) is 0. The number of rotatable bonds is 4. The normalized spacial score (nSPS) is 13.6. The quantitative estimate of drug-likeness (QED) is 0.699. The highest BCUT2D eigenvalue weighted by Crippen LogP contribution is 2.18. The van der Waals surface area contributed by atoms with E-state index < -0.39 is 23.7 Å². The van der Waals surface area contributed by atoms with Gasteiger partial charge in [0, 0.05) is 0 Å². The fraction of sp³-hybridized carbons (Fsp3) is 0.750. The molecule has 1 N–H and O–H groups in total. The Hall–Kier alpha value is -0.390. The topological polar surface area (TPSA) is 37.3 Å². The zero-order chi connectivity index (χ0) is 8.15. The minimum atomic E-state index is -3.11. The van der Waals surface area contributed by atoms with Crippen LogP contribution in [0.25, 0.3) is 0 Å². The molecule has 10 heavy (non-hydrogen) atoms. The van der Waals surface area contributed by atoms with Crippen molar-refractivity contribution in [3.8, 4) is 0 Å². The standard InChI is InChI=1S/C4H5F3O2S/c5-3(6)4(7)10-1-2(8)9/h3-4H,1H2,(H,8,9). The molecule has 0 aliphatic rings. The first-order chi connectivity index (χ1) is 4.54. The van der Waals surface area contributed by atoms with Gasteiger partial charge in [0.2, 0.25) is 5.50 Å². The molecule has 0 amide bonds. The second-order valence-corrected chi connectivity index (χ2v) is 2.46. The van der Waals surface area contributed by atoms with Gasteiger partial charge < -0.3 is 5.11 Å². The third kappa shape index (κ3) is 4.49. The van der Waals surface area contributed by atoms with Gasteiger partial charge in [-0.05, 0) is 0 Å². The van der Waals surface area contributed by atoms with Crippen LogP contribution in [0.5, 0.6) is 0 Å². The first-order valence-corrected chi connectivity index (χ1v) is 3.34. The molecule has 0 aromatic heterocycles. The molecule has 60 valence electrons. The fourth-order valence-electron chi connectivity index (χ4n) is 0.224. The van der Waals surface area contributed by atoms with Crippen LogP contribution in [0.15, 0.2) is 0 Å². The Labute approximate surface area is 59.4 Å². The van der Waals surface area contributed by atoms with Crippen molar-refractivity contribution in [2.45, 2.75) is 11.9 Å². The van der Waals surface area contributed by atoms with E-state index in [1.54, 1.807) is 0 Å². The van der Waals surface area contributed by atoms with Crippen LogP contribution in [0.4, 0.5) is 13.2 Å². The molecule has 0 rings (SSSR count). The second-order valence-electron chi connectivity index (χ2n) is 1.39. The molecule has 0 saturated carbocycles. The average molecular weight is 174 g/mol. The van der Waals surface area contributed by atoms with Gasteiger partial charge in [0.15, 0.2) is 0 Å². The number of aliphatic carboxylic acids is 1. The van der Waals surface area contributed by atoms with Crippen molar-refractivity contribution >= 4 is 17.7 Å². The summed E-state index contributed by atoms with van der Waals surface area (Å²) in [5.41, 5.74) is -2.39. The zero-order valence-corrected chi connectivity index (χ0v) is 5.58. The number of carboxylic acids is 1. The molecule has 0 spiro atoms. The van der Waals surface area contributed by atoms with Crippen LogP contribution in [-0.2, 0) is 4.79 Å². The van der Waals surface area contributed by atoms with Crippen molar-refractivity contribution in [1.82, 2.24) is 0 Å². The van der Waals surface area contributed by atoms with Gasteiger partial charge in [0.1, 0.15) is 0 Å². The largest absolute Gasteiger partial charge is 0.481 e. The molecule has 0 fully saturated rings. The van der Waals surface area contributed by atoms with Crippen molar-refractivity contribution in [2.75, 3.05) is 5.75 Å². The Bertz CT molecular complexity index is 119. The third-order valence-corrected chi connectivity index (χ3v) is 1.50. The lowest BCUT2D eigenvalue weighted by atomic mass is 10.8. The van der Waals surface area contributed by atoms with Gasteiger partial charge in [0.25, 0.3) is 6.43 Å². The van der Waals surface area contributed by atoms with Gasteiger partial charge in [-0.3, -0.25) is 4.79 Å². The highest BCUT2D eigenvalue weighted by molar-refractivity contribution is 8.00. The molecule has 0 aromatic rings. The summed E-state index contributed by atoms with van der Waals surface area (Å²) in [4.78, 5) is 9.69. The maximum absolute atomic E-state index is 11.8. The Morgan fingerprint density at radius 1 is 1.50 bits per heavy atom. The molecule has 0 radical (unpaired) electrons. The number of thioether (sulfide) groups is 1. The molecular weight excluding hydrogens is 169 g/mol. The van der Waals surface area contributed by atoms with E-state index in [9.17, 15) is 18.0 Å². The Kier molecular flexibility index (Phi) is 4.26. The number of carboxylic acid groups (broad SMARTS) is 1. The number of alkyl halides is 3. The highest BCUT2D eigenvalue weighted by Gasteiger charge is 2.20. The predicted octanol–water partition coefficient (Wildman–Crippen LogP) is 1.36. The molecule has 0 aliphatic heterocycles. The Balaban J connectivity index is 3.39. The van der Waals surface area contributed by atoms with E-state index in [2.05, 4.69) is 0 Å². The van der Waals surface area contributed by atoms with E-state index in [-0.39, 0.29) is 11.8 Å². The van der Waals surface area contributed by atoms with Crippen LogP contribution in [0, 0.1) is 0 Å². The number of hydrogen-bond acceptors (Lipinski definition) is 2. The van der Waals surface area contributed by atoms with Gasteiger partial charge in [-0.2, -0.15) is 0 Å². The number of halogens is 3. The SMILES string of the molecule is O=C(O)CSC(F)C(F)F. The van der Waals surface area contributed by atoms with Crippen molar-refractivity contribution in [2.24, 2.45) is 0 Å². The zero-order valence-electron chi connectivity index (χ0n) is 4.76. The molecule has 0 aliphatic carbocycles. The lowest BCUT2D eigenvalue weighted by molar-refractivity contribution is -0.133. The van der Waals surface area contributed by atoms with E-state index in [0.717, 1.165) is 0 Å². The maximum atomic E-state index is 11.8. The Morgan fingerprint density at radius 2 is 2.00 bits per heavy atom. The minimum absolute atomic E-state index is 0.0764. The summed E-state index contributed by atoms with van der Waals surface area (Å²) in [7, 11) is 0. The van der Waals surface area contributed by atoms with Gasteiger partial charge in [-0.1, -0.05) is 0 Å². The summed E-state index contributed by atoms with van der Waals surface area (Å²) in [6.07, 6.45) is -3.11. The van der Waals surface area contributed by atoms with Crippen LogP contribution in [-0.4, -0.2) is 28.8 Å². The van der Waals surface area contributed by atoms with Gasteiger partial charge in [-0.25, -0.2) is 13.2 Å². The predicted molar refractivity (Wildman–Crippen MR) is 31.0 cm³/mol. The van der Waals surface area contributed by atoms with Crippen molar-refractivity contribution in [3.05, 3.63) is 0 Å². The maximum Gasteiger partial charge on any atom is 0.313 e. The highest BCUT2D eigenvalue weighted by atomic mass is 32.2. The first-order valence-electron chi connectivity index (χ1n) is 2.29. The molecule has 0 heterocycles. The van der Waals surface area contributed by atoms with E-state index in [1.807, 2.05) is 0 Å². The summed E-state index contributed by atoms with van der Waals surface area (Å²) >= 11 is 0.0764. The van der Waals surface area contributed by atoms with Crippen molar-refractivity contribution < 1.29 is 23.1 Å². The van der Waals surface area contributed by atoms with Crippen LogP contribution >= 0.6 is 11.8 Å². The van der Waals surface area contributed by atoms with Crippen LogP contribution in [0.2, 0.25) is 0 Å². The van der Waals surface area contributed by atoms with Crippen molar-refractivity contribution in [1.29, 1.82) is 0 Å². The van der Waals surface area contributed by atoms with E-state index in [4.69, 9.17) is 5.11 Å². The molecule has 0 saturated heterocycles. The molecule has 1 unspecified atom stereocenters. The van der Waals surface area contributed by atoms with Gasteiger partial charge in [0.05, 0.1) is 5.75 Å². The summed E-state index contributed by atoms with van der Waals surface area (Å²) < 4.78 is 34.4. The summed E-state index contributed by atoms with van der Waals surface area (Å²) in [6.45, 7) is 0. The molecular formula is C4H5F3O2S. The second kappa shape index (κ2) is 4.43. The lowest BCUT2D eigenvalue weighted by Crippen LogP contribution is -2.10. The molecule has 0 aromatic carbocycles. The van der Waals surface area contributed by atoms with Gasteiger partial charge >= 0.3 is 5.97 Å². The number of hydrogen-bond donors (Lipinski definition) is 1. The van der Waals surface area contributed by atoms with E-state index in [1.165, 1.54) is 0 Å². The van der Waals surface area contributed by atoms with E-state index in [0.29, 0.717) is 0 Å². The van der Waals surface area contributed by atoms with Crippen LogP contribution in [0.1, 0.15) is 0 Å². The van der Waals surface area contributed by atoms with Crippen molar-refractivity contribution in [3.63, 3.8) is 0 Å². The summed E-state index contributed by atoms with van der Waals surface area (Å²) in [5.74, 6) is -1.93. The van der Waals surface area contributed by atoms with Gasteiger partial charge in [-0.15, -0.1) is 11.8 Å². The smallest absolute Gasteiger partial charge is 0.313 e. The Morgan fingerprint density at radius 3 is 2.30 bits per heavy atom. The summed E-state index contributed by atoms with van der Waals surface area (Å²) in [5, 5.41) is 7.91. The van der Waals surface area contributed by atoms with E-state index >= 15 is 0 Å². The lowest BCUT2D eigenvalue weighted by Gasteiger charge is -2.02. The molecule has 1 atom stereocenters. The van der Waals surface area contributed by atoms with Crippen LogP contribution < -0.4 is 0 Å². The minimum Gasteiger partial charge on any atom is -0.481 e. The average Bonchev–Trinajstić information content (AvgIpc) is 1.82. The number of carbonyl (C=O) groups is 1.